The van der Waals surface area contributed by atoms with Crippen LogP contribution in [0.1, 0.15) is 69.1 Å². The van der Waals surface area contributed by atoms with Gasteiger partial charge in [-0.05, 0) is 69.7 Å². The molecule has 0 aromatic heterocycles. The average molecular weight is 273 g/mol. The highest BCUT2D eigenvalue weighted by Crippen LogP contribution is 2.42. The highest BCUT2D eigenvalue weighted by atomic mass is 16.3. The maximum absolute atomic E-state index is 11.0. The molecule has 1 heterocycles. The van der Waals surface area contributed by atoms with Gasteiger partial charge in [0.2, 0.25) is 0 Å². The van der Waals surface area contributed by atoms with Gasteiger partial charge in [0.05, 0.1) is 6.10 Å². The topological polar surface area (TPSA) is 23.5 Å². The molecule has 1 N–H and O–H groups in total. The Morgan fingerprint density at radius 2 is 1.75 bits per heavy atom. The quantitative estimate of drug-likeness (QED) is 0.900. The number of nitrogens with zero attached hydrogens (tertiary/aromatic N) is 1. The molecule has 1 aliphatic carbocycles. The second-order valence-corrected chi connectivity index (χ2v) is 7.01. The van der Waals surface area contributed by atoms with Crippen molar-refractivity contribution in [2.45, 2.75) is 63.5 Å². The van der Waals surface area contributed by atoms with E-state index in [4.69, 9.17) is 0 Å². The van der Waals surface area contributed by atoms with E-state index < -0.39 is 6.10 Å². The third-order valence-electron chi connectivity index (χ3n) is 5.43. The van der Waals surface area contributed by atoms with Crippen LogP contribution in [0.5, 0.6) is 0 Å². The molecule has 1 saturated carbocycles. The van der Waals surface area contributed by atoms with Crippen molar-refractivity contribution in [3.8, 4) is 0 Å². The lowest BCUT2D eigenvalue weighted by Gasteiger charge is -2.41. The van der Waals surface area contributed by atoms with Crippen LogP contribution >= 0.6 is 0 Å². The summed E-state index contributed by atoms with van der Waals surface area (Å²) in [5.41, 5.74) is 2.38. The molecule has 2 fully saturated rings. The lowest BCUT2D eigenvalue weighted by molar-refractivity contribution is 0.000433. The zero-order valence-electron chi connectivity index (χ0n) is 12.8. The minimum absolute atomic E-state index is 0.170. The number of likely N-dealkylation sites (tertiary alicyclic amines) is 1. The number of aliphatic hydroxyl groups excluding tert-OH is 1. The van der Waals surface area contributed by atoms with Crippen LogP contribution in [-0.2, 0) is 0 Å². The fourth-order valence-electron chi connectivity index (χ4n) is 3.70. The van der Waals surface area contributed by atoms with Gasteiger partial charge >= 0.3 is 0 Å². The van der Waals surface area contributed by atoms with E-state index in [1.54, 1.807) is 0 Å². The molecule has 3 rings (SSSR count). The van der Waals surface area contributed by atoms with Crippen LogP contribution < -0.4 is 0 Å². The van der Waals surface area contributed by atoms with E-state index in [9.17, 15) is 5.11 Å². The van der Waals surface area contributed by atoms with Crippen LogP contribution in [0.15, 0.2) is 24.3 Å². The first kappa shape index (κ1) is 14.1. The smallest absolute Gasteiger partial charge is 0.0970 e. The molecular weight excluding hydrogens is 246 g/mol. The Kier molecular flexibility index (Phi) is 3.87. The maximum atomic E-state index is 11.0. The van der Waals surface area contributed by atoms with Gasteiger partial charge in [-0.1, -0.05) is 30.7 Å². The Hall–Kier alpha value is -0.860. The molecule has 1 aromatic carbocycles. The van der Waals surface area contributed by atoms with Gasteiger partial charge < -0.3 is 5.11 Å². The Balaban J connectivity index is 1.87. The summed E-state index contributed by atoms with van der Waals surface area (Å²) in [7, 11) is 0. The van der Waals surface area contributed by atoms with Gasteiger partial charge in [0.1, 0.15) is 0 Å². The number of hydrogen-bond donors (Lipinski definition) is 1. The first-order valence-electron chi connectivity index (χ1n) is 8.12. The van der Waals surface area contributed by atoms with E-state index >= 15 is 0 Å². The molecule has 1 aromatic rings. The molecule has 0 bridgehead atoms. The van der Waals surface area contributed by atoms with Crippen LogP contribution in [0.3, 0.4) is 0 Å². The highest BCUT2D eigenvalue weighted by Gasteiger charge is 2.38. The van der Waals surface area contributed by atoms with E-state index in [1.165, 1.54) is 37.7 Å². The van der Waals surface area contributed by atoms with Gasteiger partial charge in [-0.25, -0.2) is 0 Å². The molecule has 2 heteroatoms. The average Bonchev–Trinajstić information content (AvgIpc) is 2.91. The Labute approximate surface area is 122 Å². The standard InChI is InChI=1S/C18H27NO/c1-18(2,19-12-5-6-13-19)17(20)16-11-4-3-10-15(16)14-8-7-9-14/h3-4,10-11,14,17,20H,5-9,12-13H2,1-2H3. The molecule has 0 radical (unpaired) electrons. The third-order valence-corrected chi connectivity index (χ3v) is 5.43. The van der Waals surface area contributed by atoms with Gasteiger partial charge in [0, 0.05) is 5.54 Å². The summed E-state index contributed by atoms with van der Waals surface area (Å²) in [4.78, 5) is 2.45. The van der Waals surface area contributed by atoms with Crippen molar-refractivity contribution >= 4 is 0 Å². The Morgan fingerprint density at radius 1 is 1.10 bits per heavy atom. The summed E-state index contributed by atoms with van der Waals surface area (Å²) in [6, 6.07) is 8.55. The lowest BCUT2D eigenvalue weighted by atomic mass is 9.75. The molecule has 2 aliphatic rings. The lowest BCUT2D eigenvalue weighted by Crippen LogP contribution is -2.47. The minimum atomic E-state index is -0.391. The summed E-state index contributed by atoms with van der Waals surface area (Å²) in [6.45, 7) is 6.63. The van der Waals surface area contributed by atoms with E-state index in [1.807, 2.05) is 0 Å². The molecule has 0 amide bonds. The number of hydrogen-bond acceptors (Lipinski definition) is 2. The molecule has 1 atom stereocenters. The molecule has 1 aliphatic heterocycles. The van der Waals surface area contributed by atoms with Crippen LogP contribution in [0.25, 0.3) is 0 Å². The summed E-state index contributed by atoms with van der Waals surface area (Å²) in [5, 5.41) is 11.0. The molecule has 110 valence electrons. The maximum Gasteiger partial charge on any atom is 0.0970 e. The number of benzene rings is 1. The van der Waals surface area contributed by atoms with E-state index in [0.717, 1.165) is 18.7 Å². The second kappa shape index (κ2) is 5.50. The zero-order chi connectivity index (χ0) is 14.2. The van der Waals surface area contributed by atoms with Gasteiger partial charge in [0.25, 0.3) is 0 Å². The Morgan fingerprint density at radius 3 is 2.35 bits per heavy atom. The molecule has 1 saturated heterocycles. The molecule has 0 spiro atoms. The van der Waals surface area contributed by atoms with Crippen LogP contribution in [0.2, 0.25) is 0 Å². The van der Waals surface area contributed by atoms with Crippen LogP contribution in [0.4, 0.5) is 0 Å². The molecule has 1 unspecified atom stereocenters. The van der Waals surface area contributed by atoms with Gasteiger partial charge in [0.15, 0.2) is 0 Å². The van der Waals surface area contributed by atoms with Gasteiger partial charge in [-0.15, -0.1) is 0 Å². The van der Waals surface area contributed by atoms with Crippen molar-refractivity contribution in [1.29, 1.82) is 0 Å². The largest absolute Gasteiger partial charge is 0.386 e. The third kappa shape index (κ3) is 2.40. The normalized spacial score (nSPS) is 22.8. The van der Waals surface area contributed by atoms with E-state index in [-0.39, 0.29) is 5.54 Å². The predicted octanol–water partition coefficient (Wildman–Crippen LogP) is 3.86. The van der Waals surface area contributed by atoms with Crippen LogP contribution in [0, 0.1) is 0 Å². The van der Waals surface area contributed by atoms with Crippen molar-refractivity contribution < 1.29 is 5.11 Å². The van der Waals surface area contributed by atoms with Crippen molar-refractivity contribution in [1.82, 2.24) is 4.90 Å². The van der Waals surface area contributed by atoms with Gasteiger partial charge in [-0.2, -0.15) is 0 Å². The predicted molar refractivity (Wildman–Crippen MR) is 82.9 cm³/mol. The number of rotatable bonds is 4. The van der Waals surface area contributed by atoms with Crippen molar-refractivity contribution in [3.63, 3.8) is 0 Å². The minimum Gasteiger partial charge on any atom is -0.386 e. The Bertz CT molecular complexity index is 458. The monoisotopic (exact) mass is 273 g/mol. The van der Waals surface area contributed by atoms with Crippen molar-refractivity contribution in [2.75, 3.05) is 13.1 Å². The van der Waals surface area contributed by atoms with E-state index in [0.29, 0.717) is 5.92 Å². The first-order valence-corrected chi connectivity index (χ1v) is 8.12. The summed E-state index contributed by atoms with van der Waals surface area (Å²) < 4.78 is 0. The first-order chi connectivity index (χ1) is 9.60. The number of aliphatic hydroxyl groups is 1. The fourth-order valence-corrected chi connectivity index (χ4v) is 3.70. The molecular formula is C18H27NO. The van der Waals surface area contributed by atoms with Crippen LogP contribution in [-0.4, -0.2) is 28.6 Å². The summed E-state index contributed by atoms with van der Waals surface area (Å²) in [5.74, 6) is 0.676. The fraction of sp³-hybridized carbons (Fsp3) is 0.667. The molecule has 2 nitrogen and oxygen atoms in total. The zero-order valence-corrected chi connectivity index (χ0v) is 12.8. The summed E-state index contributed by atoms with van der Waals surface area (Å²) >= 11 is 0. The van der Waals surface area contributed by atoms with E-state index in [2.05, 4.69) is 43.0 Å². The SMILES string of the molecule is CC(C)(C(O)c1ccccc1C1CCC1)N1CCCC1. The second-order valence-electron chi connectivity index (χ2n) is 7.01. The highest BCUT2D eigenvalue weighted by molar-refractivity contribution is 5.35. The molecule has 20 heavy (non-hydrogen) atoms. The van der Waals surface area contributed by atoms with Gasteiger partial charge in [-0.3, -0.25) is 4.90 Å². The van der Waals surface area contributed by atoms with Crippen molar-refractivity contribution in [2.24, 2.45) is 0 Å². The summed E-state index contributed by atoms with van der Waals surface area (Å²) in [6.07, 6.45) is 6.05. The van der Waals surface area contributed by atoms with Crippen molar-refractivity contribution in [3.05, 3.63) is 35.4 Å².